The second kappa shape index (κ2) is 6.06. The van der Waals surface area contributed by atoms with Crippen molar-refractivity contribution in [2.75, 3.05) is 10.7 Å². The summed E-state index contributed by atoms with van der Waals surface area (Å²) in [5.74, 6) is 1.27. The molecule has 0 bridgehead atoms. The van der Waals surface area contributed by atoms with Crippen LogP contribution < -0.4 is 4.57 Å². The minimum absolute atomic E-state index is 1.08. The summed E-state index contributed by atoms with van der Waals surface area (Å²) in [6.45, 7) is 9.69. The largest absolute Gasteiger partial charge is 0.384 e. The van der Waals surface area contributed by atoms with Crippen molar-refractivity contribution in [3.63, 3.8) is 0 Å². The second-order valence-electron chi connectivity index (χ2n) is 6.62. The van der Waals surface area contributed by atoms with Gasteiger partial charge in [-0.1, -0.05) is 45.8 Å². The Morgan fingerprint density at radius 3 is 2.15 bits per heavy atom. The van der Waals surface area contributed by atoms with Crippen molar-refractivity contribution in [1.82, 2.24) is 9.55 Å². The van der Waals surface area contributed by atoms with E-state index in [2.05, 4.69) is 50.1 Å². The van der Waals surface area contributed by atoms with Crippen LogP contribution in [0.25, 0.3) is 0 Å². The van der Waals surface area contributed by atoms with Crippen molar-refractivity contribution < 1.29 is 0 Å². The maximum Gasteiger partial charge on any atom is 0.157 e. The summed E-state index contributed by atoms with van der Waals surface area (Å²) in [4.78, 5) is 4.71. The Morgan fingerprint density at radius 2 is 1.70 bits per heavy atom. The van der Waals surface area contributed by atoms with Crippen LogP contribution in [0.5, 0.6) is 0 Å². The summed E-state index contributed by atoms with van der Waals surface area (Å²) in [5, 5.41) is 0. The second-order valence-corrected chi connectivity index (χ2v) is 16.8. The molecular weight excluding hydrogens is 278 g/mol. The lowest BCUT2D eigenvalue weighted by atomic mass is 10.7. The van der Waals surface area contributed by atoms with Crippen LogP contribution in [-0.2, 0) is 7.05 Å². The molecule has 0 aromatic carbocycles. The fraction of sp³-hybridized carbons (Fsp3) is 0.800. The van der Waals surface area contributed by atoms with E-state index < -0.39 is 16.3 Å². The first-order valence-electron chi connectivity index (χ1n) is 8.30. The number of hydrogen-bond acceptors (Lipinski definition) is 2. The summed E-state index contributed by atoms with van der Waals surface area (Å²) < 4.78 is 4.94. The van der Waals surface area contributed by atoms with Crippen molar-refractivity contribution >= 4 is 22.1 Å². The maximum absolute atomic E-state index is 4.71. The lowest BCUT2D eigenvalue weighted by Gasteiger charge is -2.52. The molecule has 0 unspecified atom stereocenters. The zero-order valence-electron chi connectivity index (χ0n) is 13.9. The Labute approximate surface area is 126 Å². The van der Waals surface area contributed by atoms with Gasteiger partial charge in [0.2, 0.25) is 0 Å². The number of hydrogen-bond donors (Lipinski definition) is 0. The highest BCUT2D eigenvalue weighted by Crippen LogP contribution is 2.41. The van der Waals surface area contributed by atoms with E-state index in [1.54, 1.807) is 6.04 Å². The van der Waals surface area contributed by atoms with Gasteiger partial charge in [-0.05, 0) is 18.1 Å². The van der Waals surface area contributed by atoms with Crippen molar-refractivity contribution in [1.29, 1.82) is 0 Å². The lowest BCUT2D eigenvalue weighted by Crippen LogP contribution is -2.64. The third-order valence-electron chi connectivity index (χ3n) is 5.97. The van der Waals surface area contributed by atoms with Crippen molar-refractivity contribution in [2.45, 2.75) is 64.0 Å². The summed E-state index contributed by atoms with van der Waals surface area (Å²) in [7, 11) is -0.305. The number of anilines is 1. The van der Waals surface area contributed by atoms with Crippen LogP contribution >= 0.6 is 0 Å². The molecule has 0 saturated carbocycles. The Morgan fingerprint density at radius 1 is 1.05 bits per heavy atom. The number of imidazole rings is 1. The van der Waals surface area contributed by atoms with Crippen LogP contribution in [-0.4, -0.2) is 32.0 Å². The predicted octanol–water partition coefficient (Wildman–Crippen LogP) is 4.25. The van der Waals surface area contributed by atoms with E-state index in [0.717, 1.165) is 0 Å². The van der Waals surface area contributed by atoms with Crippen LogP contribution in [0.3, 0.4) is 0 Å². The van der Waals surface area contributed by atoms with Crippen LogP contribution in [0.15, 0.2) is 12.5 Å². The van der Waals surface area contributed by atoms with Gasteiger partial charge in [-0.3, -0.25) is 0 Å². The minimum atomic E-state index is -1.32. The third kappa shape index (κ3) is 2.62. The fourth-order valence-electron chi connectivity index (χ4n) is 3.89. The molecule has 114 valence electrons. The zero-order valence-corrected chi connectivity index (χ0v) is 15.9. The summed E-state index contributed by atoms with van der Waals surface area (Å²) in [6, 6.07) is 8.69. The highest BCUT2D eigenvalue weighted by molar-refractivity contribution is 6.92. The van der Waals surface area contributed by atoms with Crippen molar-refractivity contribution in [2.24, 2.45) is 7.05 Å². The molecule has 0 spiro atoms. The van der Waals surface area contributed by atoms with E-state index in [9.17, 15) is 0 Å². The first kappa shape index (κ1) is 15.8. The van der Waals surface area contributed by atoms with Gasteiger partial charge in [-0.15, -0.1) is 0 Å². The molecule has 1 fully saturated rings. The number of nitrogens with zero attached hydrogens (tertiary/aromatic N) is 3. The lowest BCUT2D eigenvalue weighted by molar-refractivity contribution is 0.911. The van der Waals surface area contributed by atoms with Gasteiger partial charge in [0.1, 0.15) is 5.82 Å². The molecule has 2 heterocycles. The predicted molar refractivity (Wildman–Crippen MR) is 93.6 cm³/mol. The molecule has 20 heavy (non-hydrogen) atoms. The van der Waals surface area contributed by atoms with Crippen molar-refractivity contribution in [3.05, 3.63) is 12.5 Å². The molecule has 1 aliphatic rings. The molecule has 1 aliphatic heterocycles. The molecule has 1 aromatic heterocycles. The van der Waals surface area contributed by atoms with E-state index in [0.29, 0.717) is 0 Å². The quantitative estimate of drug-likeness (QED) is 0.758. The van der Waals surface area contributed by atoms with Gasteiger partial charge in [0.05, 0.1) is 14.4 Å². The van der Waals surface area contributed by atoms with Gasteiger partial charge in [0.25, 0.3) is 0 Å². The van der Waals surface area contributed by atoms with Gasteiger partial charge in [0.15, 0.2) is 8.24 Å². The molecule has 0 aliphatic carbocycles. The van der Waals surface area contributed by atoms with E-state index in [4.69, 9.17) is 4.98 Å². The van der Waals surface area contributed by atoms with Gasteiger partial charge in [-0.2, -0.15) is 0 Å². The SMILES string of the molecule is CC[Si]1(CC)CC[Si](CC)(CC)N(c2cn(C)cn2)C1. The number of aryl methyl sites for hydroxylation is 1. The molecule has 3 nitrogen and oxygen atoms in total. The first-order valence-corrected chi connectivity index (χ1v) is 13.7. The van der Waals surface area contributed by atoms with Crippen LogP contribution in [0.1, 0.15) is 27.7 Å². The minimum Gasteiger partial charge on any atom is -0.384 e. The average molecular weight is 310 g/mol. The molecule has 1 saturated heterocycles. The number of rotatable bonds is 5. The van der Waals surface area contributed by atoms with Gasteiger partial charge < -0.3 is 9.13 Å². The Balaban J connectivity index is 2.37. The van der Waals surface area contributed by atoms with Crippen LogP contribution in [0.2, 0.25) is 36.3 Å². The zero-order chi connectivity index (χ0) is 14.8. The molecule has 0 N–H and O–H groups in total. The monoisotopic (exact) mass is 309 g/mol. The van der Waals surface area contributed by atoms with E-state index in [-0.39, 0.29) is 0 Å². The molecule has 0 radical (unpaired) electrons. The Kier molecular flexibility index (Phi) is 4.79. The topological polar surface area (TPSA) is 21.1 Å². The Hall–Kier alpha value is -0.556. The summed E-state index contributed by atoms with van der Waals surface area (Å²) in [5.41, 5.74) is 0. The van der Waals surface area contributed by atoms with Crippen LogP contribution in [0, 0.1) is 0 Å². The van der Waals surface area contributed by atoms with E-state index >= 15 is 0 Å². The number of aromatic nitrogens is 2. The fourth-order valence-corrected chi connectivity index (χ4v) is 15.7. The standard InChI is InChI=1S/C15H31N3Si2/c1-6-19(7-2)10-11-20(8-3,9-4)18(14-19)15-12-17(5)13-16-15/h12-13H,6-11,14H2,1-5H3. The summed E-state index contributed by atoms with van der Waals surface area (Å²) >= 11 is 0. The van der Waals surface area contributed by atoms with Gasteiger partial charge in [-0.25, -0.2) is 4.98 Å². The Bertz CT molecular complexity index is 436. The van der Waals surface area contributed by atoms with Gasteiger partial charge in [0, 0.05) is 19.4 Å². The normalized spacial score (nSPS) is 21.1. The first-order chi connectivity index (χ1) is 9.54. The highest BCUT2D eigenvalue weighted by atomic mass is 28.3. The molecule has 1 aromatic rings. The molecule has 2 rings (SSSR count). The smallest absolute Gasteiger partial charge is 0.157 e. The third-order valence-corrected chi connectivity index (χ3v) is 17.4. The van der Waals surface area contributed by atoms with E-state index in [1.165, 1.54) is 42.2 Å². The van der Waals surface area contributed by atoms with Crippen molar-refractivity contribution in [3.8, 4) is 0 Å². The highest BCUT2D eigenvalue weighted by Gasteiger charge is 2.47. The van der Waals surface area contributed by atoms with Crippen LogP contribution in [0.4, 0.5) is 5.82 Å². The molecule has 0 atom stereocenters. The van der Waals surface area contributed by atoms with E-state index in [1.807, 2.05) is 6.33 Å². The average Bonchev–Trinajstić information content (AvgIpc) is 2.93. The maximum atomic E-state index is 4.71. The molecular formula is C15H31N3Si2. The van der Waals surface area contributed by atoms with Gasteiger partial charge >= 0.3 is 0 Å². The molecule has 5 heteroatoms. The summed E-state index contributed by atoms with van der Waals surface area (Å²) in [6.07, 6.45) is 5.57. The molecule has 0 amide bonds.